The number of sulfonamides is 1. The number of rotatable bonds is 11. The smallest absolute Gasteiger partial charge is 0.258 e. The quantitative estimate of drug-likeness (QED) is 0.385. The van der Waals surface area contributed by atoms with Crippen molar-refractivity contribution in [2.45, 2.75) is 70.7 Å². The number of halogens is 1. The molecule has 4 aliphatic rings. The van der Waals surface area contributed by atoms with Gasteiger partial charge < -0.3 is 28.9 Å². The number of anilines is 1. The summed E-state index contributed by atoms with van der Waals surface area (Å²) in [6.07, 6.45) is 6.95. The van der Waals surface area contributed by atoms with Crippen LogP contribution in [0, 0.1) is 11.2 Å². The van der Waals surface area contributed by atoms with Gasteiger partial charge in [-0.3, -0.25) is 4.79 Å². The number of carbonyl (C=O) groups is 1. The van der Waals surface area contributed by atoms with Crippen LogP contribution in [0.3, 0.4) is 0 Å². The zero-order valence-corrected chi connectivity index (χ0v) is 27.7. The first-order chi connectivity index (χ1) is 22.0. The van der Waals surface area contributed by atoms with Crippen LogP contribution in [0.15, 0.2) is 30.7 Å². The second-order valence-electron chi connectivity index (χ2n) is 13.4. The van der Waals surface area contributed by atoms with Gasteiger partial charge in [-0.25, -0.2) is 27.5 Å². The van der Waals surface area contributed by atoms with Gasteiger partial charge in [0.25, 0.3) is 5.91 Å². The number of nitrogens with one attached hydrogen (secondary N) is 1. The Morgan fingerprint density at radius 1 is 1.17 bits per heavy atom. The lowest BCUT2D eigenvalue weighted by Gasteiger charge is -2.54. The van der Waals surface area contributed by atoms with E-state index in [0.29, 0.717) is 31.4 Å². The van der Waals surface area contributed by atoms with Crippen LogP contribution in [0.25, 0.3) is 0 Å². The highest BCUT2D eigenvalue weighted by Crippen LogP contribution is 2.45. The van der Waals surface area contributed by atoms with Crippen LogP contribution < -0.4 is 14.4 Å². The van der Waals surface area contributed by atoms with E-state index in [1.807, 2.05) is 13.8 Å². The zero-order valence-electron chi connectivity index (χ0n) is 26.9. The van der Waals surface area contributed by atoms with Crippen molar-refractivity contribution in [1.29, 1.82) is 0 Å². The van der Waals surface area contributed by atoms with Gasteiger partial charge in [0.05, 0.1) is 49.5 Å². The molecule has 1 aromatic heterocycles. The van der Waals surface area contributed by atoms with Crippen molar-refractivity contribution in [3.05, 3.63) is 42.1 Å². The predicted molar refractivity (Wildman–Crippen MR) is 170 cm³/mol. The third-order valence-corrected chi connectivity index (χ3v) is 11.1. The van der Waals surface area contributed by atoms with E-state index in [4.69, 9.17) is 14.2 Å². The van der Waals surface area contributed by atoms with Crippen molar-refractivity contribution in [1.82, 2.24) is 24.5 Å². The third-order valence-electron chi connectivity index (χ3n) is 9.68. The molecule has 252 valence electrons. The minimum absolute atomic E-state index is 0.0560. The number of likely N-dealkylation sites (tertiary alicyclic amines) is 1. The highest BCUT2D eigenvalue weighted by atomic mass is 32.2. The standard InChI is InChI=1S/C32H45FN6O6S/c1-4-46(41,42)36-24-6-7-26(44-16-24)15-37-11-9-32(10-12-37)19-38(20-32)30-29(14-34-21-35-30)45-28-8-5-23(33)13-27(28)31(40)39(22(2)3)25-17-43-18-25/h5,8,13-14,21-22,24-26,36H,4,6-7,9-12,15-20H2,1-3H3/t24-,26+/m1/s1. The fraction of sp³-hybridized carbons (Fsp3) is 0.656. The molecule has 0 saturated carbocycles. The summed E-state index contributed by atoms with van der Waals surface area (Å²) in [6.45, 7) is 11.3. The van der Waals surface area contributed by atoms with Gasteiger partial charge >= 0.3 is 0 Å². The first-order valence-electron chi connectivity index (χ1n) is 16.3. The normalized spacial score (nSPS) is 23.6. The minimum atomic E-state index is -3.22. The summed E-state index contributed by atoms with van der Waals surface area (Å²) in [6, 6.07) is 3.72. The molecule has 4 fully saturated rings. The molecular weight excluding hydrogens is 615 g/mol. The Hall–Kier alpha value is -2.91. The molecule has 1 amide bonds. The second kappa shape index (κ2) is 13.7. The Morgan fingerprint density at radius 3 is 2.57 bits per heavy atom. The molecule has 1 aromatic carbocycles. The molecule has 46 heavy (non-hydrogen) atoms. The van der Waals surface area contributed by atoms with Crippen LogP contribution in [-0.2, 0) is 19.5 Å². The molecule has 2 aromatic rings. The number of piperidine rings is 1. The first kappa shape index (κ1) is 33.0. The number of nitrogens with zero attached hydrogens (tertiary/aromatic N) is 5. The molecule has 6 rings (SSSR count). The fourth-order valence-electron chi connectivity index (χ4n) is 6.95. The average Bonchev–Trinajstić information content (AvgIpc) is 3.00. The SMILES string of the molecule is CCS(=O)(=O)N[C@@H]1CC[C@@H](CN2CCC3(CC2)CN(c2ncncc2Oc2ccc(F)cc2C(=O)N(C(C)C)C2COC2)C3)OC1. The fourth-order valence-corrected chi connectivity index (χ4v) is 7.81. The lowest BCUT2D eigenvalue weighted by Crippen LogP contribution is -2.61. The molecule has 14 heteroatoms. The summed E-state index contributed by atoms with van der Waals surface area (Å²) in [7, 11) is -3.22. The van der Waals surface area contributed by atoms with Crippen molar-refractivity contribution in [2.75, 3.05) is 63.2 Å². The Labute approximate surface area is 270 Å². The molecule has 1 spiro atoms. The van der Waals surface area contributed by atoms with Crippen LogP contribution >= 0.6 is 0 Å². The van der Waals surface area contributed by atoms with Crippen molar-refractivity contribution in [2.24, 2.45) is 5.41 Å². The van der Waals surface area contributed by atoms with Gasteiger partial charge in [-0.15, -0.1) is 0 Å². The van der Waals surface area contributed by atoms with E-state index < -0.39 is 15.8 Å². The van der Waals surface area contributed by atoms with E-state index in [0.717, 1.165) is 58.4 Å². The molecule has 0 bridgehead atoms. The van der Waals surface area contributed by atoms with E-state index in [1.54, 1.807) is 18.0 Å². The summed E-state index contributed by atoms with van der Waals surface area (Å²) in [5, 5.41) is 0. The molecule has 0 radical (unpaired) electrons. The number of hydrogen-bond acceptors (Lipinski definition) is 10. The number of ether oxygens (including phenoxy) is 3. The first-order valence-corrected chi connectivity index (χ1v) is 18.0. The molecule has 5 heterocycles. The predicted octanol–water partition coefficient (Wildman–Crippen LogP) is 3.05. The number of hydrogen-bond donors (Lipinski definition) is 1. The summed E-state index contributed by atoms with van der Waals surface area (Å²) < 4.78 is 58.5. The van der Waals surface area contributed by atoms with Crippen molar-refractivity contribution >= 4 is 21.7 Å². The maximum atomic E-state index is 14.4. The maximum Gasteiger partial charge on any atom is 0.258 e. The van der Waals surface area contributed by atoms with Crippen molar-refractivity contribution in [3.8, 4) is 11.5 Å². The zero-order chi connectivity index (χ0) is 32.5. The van der Waals surface area contributed by atoms with Gasteiger partial charge in [0, 0.05) is 37.1 Å². The number of aromatic nitrogens is 2. The van der Waals surface area contributed by atoms with Gasteiger partial charge in [0.2, 0.25) is 10.0 Å². The maximum absolute atomic E-state index is 14.4. The number of amides is 1. The molecule has 2 atom stereocenters. The van der Waals surface area contributed by atoms with Crippen molar-refractivity contribution in [3.63, 3.8) is 0 Å². The van der Waals surface area contributed by atoms with E-state index in [9.17, 15) is 17.6 Å². The van der Waals surface area contributed by atoms with Gasteiger partial charge in [0.1, 0.15) is 17.9 Å². The monoisotopic (exact) mass is 660 g/mol. The van der Waals surface area contributed by atoms with Gasteiger partial charge in [-0.1, -0.05) is 0 Å². The van der Waals surface area contributed by atoms with E-state index >= 15 is 0 Å². The summed E-state index contributed by atoms with van der Waals surface area (Å²) in [5.74, 6) is 0.607. The highest BCUT2D eigenvalue weighted by molar-refractivity contribution is 7.89. The molecule has 1 N–H and O–H groups in total. The van der Waals surface area contributed by atoms with Gasteiger partial charge in [0.15, 0.2) is 11.6 Å². The van der Waals surface area contributed by atoms with E-state index in [1.165, 1.54) is 24.5 Å². The largest absolute Gasteiger partial charge is 0.451 e. The van der Waals surface area contributed by atoms with Crippen LogP contribution in [0.2, 0.25) is 0 Å². The van der Waals surface area contributed by atoms with Gasteiger partial charge in [-0.2, -0.15) is 0 Å². The van der Waals surface area contributed by atoms with Crippen LogP contribution in [0.4, 0.5) is 10.2 Å². The molecule has 0 unspecified atom stereocenters. The topological polar surface area (TPSA) is 126 Å². The summed E-state index contributed by atoms with van der Waals surface area (Å²) in [4.78, 5) is 28.7. The molecule has 4 aliphatic heterocycles. The second-order valence-corrected chi connectivity index (χ2v) is 15.4. The number of benzene rings is 1. The summed E-state index contributed by atoms with van der Waals surface area (Å²) in [5.41, 5.74) is 0.345. The lowest BCUT2D eigenvalue weighted by molar-refractivity contribution is -0.0623. The Morgan fingerprint density at radius 2 is 1.93 bits per heavy atom. The molecule has 0 aliphatic carbocycles. The van der Waals surface area contributed by atoms with Gasteiger partial charge in [-0.05, 0) is 77.7 Å². The Balaban J connectivity index is 1.04. The lowest BCUT2D eigenvalue weighted by atomic mass is 9.72. The van der Waals surface area contributed by atoms with Crippen LogP contribution in [0.5, 0.6) is 11.5 Å². The van der Waals surface area contributed by atoms with Crippen molar-refractivity contribution < 1.29 is 31.8 Å². The van der Waals surface area contributed by atoms with E-state index in [-0.39, 0.29) is 52.6 Å². The molecular formula is C32H45FN6O6S. The minimum Gasteiger partial charge on any atom is -0.451 e. The van der Waals surface area contributed by atoms with E-state index in [2.05, 4.69) is 24.5 Å². The van der Waals surface area contributed by atoms with Crippen LogP contribution in [0.1, 0.15) is 56.8 Å². The third kappa shape index (κ3) is 7.30. The Bertz CT molecular complexity index is 1480. The molecule has 4 saturated heterocycles. The highest BCUT2D eigenvalue weighted by Gasteiger charge is 2.46. The molecule has 12 nitrogen and oxygen atoms in total. The summed E-state index contributed by atoms with van der Waals surface area (Å²) >= 11 is 0. The number of carbonyl (C=O) groups excluding carboxylic acids is 1. The average molecular weight is 661 g/mol. The Kier molecular flexibility index (Phi) is 9.81. The van der Waals surface area contributed by atoms with Crippen LogP contribution in [-0.4, -0.2) is 117 Å².